The molecule has 0 aromatic heterocycles. The SMILES string of the molecule is CCC(C)C(NC(=O)C(F)(F)F)C(=O)N1C[C@H]2[C@@H]([C@H]1C(=O)NN(C[C@@H]1CCCNC1=O)C(=O)C(F)Cl)C2(C)C. The Kier molecular flexibility index (Phi) is 9.08. The standard InChI is InChI=1S/C24H34ClF4N5O5/c1-5-11(2)15(31-22(39)24(27,28)29)20(37)33-10-13-14(23(13,3)4)16(33)19(36)32-34(21(38)17(25)26)9-12-7-6-8-30-18(12)35/h11-17H,5-10H2,1-4H3,(H,30,35)(H,31,39)(H,32,36)/t11?,12-,13-,14-,15?,16-,17?/m0/s1. The van der Waals surface area contributed by atoms with Crippen molar-refractivity contribution in [1.29, 1.82) is 0 Å². The molecular formula is C24H34ClF4N5O5. The number of alkyl halides is 5. The van der Waals surface area contributed by atoms with Gasteiger partial charge in [0.2, 0.25) is 11.8 Å². The van der Waals surface area contributed by atoms with Crippen LogP contribution < -0.4 is 16.1 Å². The van der Waals surface area contributed by atoms with Crippen LogP contribution in [-0.4, -0.2) is 83.0 Å². The van der Waals surface area contributed by atoms with E-state index >= 15 is 0 Å². The Hall–Kier alpha value is -2.64. The van der Waals surface area contributed by atoms with Crippen molar-refractivity contribution in [3.63, 3.8) is 0 Å². The van der Waals surface area contributed by atoms with E-state index in [0.717, 1.165) is 4.90 Å². The lowest BCUT2D eigenvalue weighted by molar-refractivity contribution is -0.175. The first-order valence-corrected chi connectivity index (χ1v) is 13.3. The van der Waals surface area contributed by atoms with Crippen LogP contribution in [0.3, 0.4) is 0 Å². The number of hydrogen-bond acceptors (Lipinski definition) is 5. The van der Waals surface area contributed by atoms with Crippen LogP contribution in [0.4, 0.5) is 17.6 Å². The van der Waals surface area contributed by atoms with Crippen molar-refractivity contribution in [3.8, 4) is 0 Å². The first-order chi connectivity index (χ1) is 18.0. The zero-order valence-corrected chi connectivity index (χ0v) is 22.9. The van der Waals surface area contributed by atoms with Crippen LogP contribution in [0.15, 0.2) is 0 Å². The molecule has 3 aliphatic rings. The van der Waals surface area contributed by atoms with Crippen molar-refractivity contribution in [2.45, 2.75) is 70.8 Å². The fraction of sp³-hybridized carbons (Fsp3) is 0.792. The van der Waals surface area contributed by atoms with E-state index in [4.69, 9.17) is 11.6 Å². The topological polar surface area (TPSA) is 128 Å². The Morgan fingerprint density at radius 1 is 1.26 bits per heavy atom. The molecule has 0 bridgehead atoms. The minimum atomic E-state index is -5.21. The molecule has 15 heteroatoms. The molecule has 2 heterocycles. The zero-order valence-electron chi connectivity index (χ0n) is 22.1. The molecule has 1 saturated carbocycles. The Morgan fingerprint density at radius 3 is 2.44 bits per heavy atom. The molecule has 0 aromatic rings. The van der Waals surface area contributed by atoms with Gasteiger partial charge in [0, 0.05) is 13.1 Å². The second-order valence-corrected chi connectivity index (χ2v) is 11.5. The van der Waals surface area contributed by atoms with Crippen molar-refractivity contribution in [1.82, 2.24) is 26.0 Å². The molecular weight excluding hydrogens is 550 g/mol. The van der Waals surface area contributed by atoms with Crippen LogP contribution in [-0.2, 0) is 24.0 Å². The van der Waals surface area contributed by atoms with Crippen molar-refractivity contribution in [3.05, 3.63) is 0 Å². The van der Waals surface area contributed by atoms with E-state index < -0.39 is 70.7 Å². The van der Waals surface area contributed by atoms with E-state index in [1.54, 1.807) is 12.2 Å². The summed E-state index contributed by atoms with van der Waals surface area (Å²) in [5.41, 5.74) is -0.600. The van der Waals surface area contributed by atoms with Crippen LogP contribution >= 0.6 is 11.6 Å². The number of amides is 5. The minimum Gasteiger partial charge on any atom is -0.356 e. The highest BCUT2D eigenvalue weighted by atomic mass is 35.5. The number of likely N-dealkylation sites (tertiary alicyclic amines) is 1. The van der Waals surface area contributed by atoms with E-state index in [-0.39, 0.29) is 31.3 Å². The summed E-state index contributed by atoms with van der Waals surface area (Å²) in [7, 11) is 0. The maximum absolute atomic E-state index is 13.8. The summed E-state index contributed by atoms with van der Waals surface area (Å²) in [5.74, 6) is -7.68. The molecule has 3 N–H and O–H groups in total. The van der Waals surface area contributed by atoms with E-state index in [1.165, 1.54) is 6.92 Å². The highest BCUT2D eigenvalue weighted by Gasteiger charge is 2.70. The van der Waals surface area contributed by atoms with Gasteiger partial charge < -0.3 is 15.5 Å². The average molecular weight is 584 g/mol. The largest absolute Gasteiger partial charge is 0.471 e. The number of fused-ring (bicyclic) bond motifs is 1. The number of nitrogens with one attached hydrogen (secondary N) is 3. The normalized spacial score (nSPS) is 27.9. The lowest BCUT2D eigenvalue weighted by Crippen LogP contribution is -2.61. The Bertz CT molecular complexity index is 1010. The second kappa shape index (κ2) is 11.5. The van der Waals surface area contributed by atoms with Gasteiger partial charge in [-0.15, -0.1) is 0 Å². The third-order valence-corrected chi connectivity index (χ3v) is 8.47. The number of rotatable bonds is 8. The molecule has 2 aliphatic heterocycles. The number of carbonyl (C=O) groups is 5. The Morgan fingerprint density at radius 2 is 1.90 bits per heavy atom. The first kappa shape index (κ1) is 30.9. The molecule has 39 heavy (non-hydrogen) atoms. The second-order valence-electron chi connectivity index (χ2n) is 11.1. The monoisotopic (exact) mass is 583 g/mol. The number of carbonyl (C=O) groups excluding carboxylic acids is 5. The fourth-order valence-corrected chi connectivity index (χ4v) is 5.75. The summed E-state index contributed by atoms with van der Waals surface area (Å²) in [6.07, 6.45) is -3.96. The van der Waals surface area contributed by atoms with Gasteiger partial charge in [-0.1, -0.05) is 45.7 Å². The summed E-state index contributed by atoms with van der Waals surface area (Å²) in [4.78, 5) is 64.6. The molecule has 3 rings (SSSR count). The summed E-state index contributed by atoms with van der Waals surface area (Å²) in [6.45, 7) is 7.01. The highest BCUT2D eigenvalue weighted by molar-refractivity contribution is 6.29. The number of hydrogen-bond donors (Lipinski definition) is 3. The fourth-order valence-electron chi connectivity index (χ4n) is 5.64. The van der Waals surface area contributed by atoms with Crippen molar-refractivity contribution in [2.24, 2.45) is 29.1 Å². The zero-order chi connectivity index (χ0) is 29.4. The quantitative estimate of drug-likeness (QED) is 0.227. The third-order valence-electron chi connectivity index (χ3n) is 8.28. The third kappa shape index (κ3) is 6.41. The molecule has 2 saturated heterocycles. The molecule has 3 fully saturated rings. The predicted octanol–water partition coefficient (Wildman–Crippen LogP) is 1.48. The molecule has 7 atom stereocenters. The van der Waals surface area contributed by atoms with Crippen molar-refractivity contribution in [2.75, 3.05) is 19.6 Å². The van der Waals surface area contributed by atoms with Gasteiger partial charge in [0.05, 0.1) is 12.5 Å². The number of hydrazine groups is 1. The smallest absolute Gasteiger partial charge is 0.356 e. The lowest BCUT2D eigenvalue weighted by Gasteiger charge is -2.36. The maximum atomic E-state index is 13.8. The molecule has 5 amide bonds. The molecule has 3 unspecified atom stereocenters. The Balaban J connectivity index is 1.86. The van der Waals surface area contributed by atoms with E-state index in [0.29, 0.717) is 24.4 Å². The maximum Gasteiger partial charge on any atom is 0.471 e. The van der Waals surface area contributed by atoms with Gasteiger partial charge in [-0.25, -0.2) is 9.40 Å². The van der Waals surface area contributed by atoms with Gasteiger partial charge in [-0.2, -0.15) is 13.2 Å². The number of nitrogens with zero attached hydrogens (tertiary/aromatic N) is 2. The van der Waals surface area contributed by atoms with Gasteiger partial charge in [0.1, 0.15) is 12.1 Å². The van der Waals surface area contributed by atoms with Crippen LogP contribution in [0.1, 0.15) is 47.0 Å². The molecule has 1 aliphatic carbocycles. The summed E-state index contributed by atoms with van der Waals surface area (Å²) in [5, 5.41) is 5.02. The highest BCUT2D eigenvalue weighted by Crippen LogP contribution is 2.65. The molecule has 0 aromatic carbocycles. The average Bonchev–Trinajstić information content (AvgIpc) is 3.17. The van der Waals surface area contributed by atoms with Gasteiger partial charge >= 0.3 is 12.1 Å². The molecule has 220 valence electrons. The van der Waals surface area contributed by atoms with Crippen molar-refractivity contribution < 1.29 is 41.5 Å². The van der Waals surface area contributed by atoms with Gasteiger partial charge in [-0.05, 0) is 36.0 Å². The van der Waals surface area contributed by atoms with E-state index in [2.05, 4.69) is 10.7 Å². The van der Waals surface area contributed by atoms with Crippen LogP contribution in [0.5, 0.6) is 0 Å². The van der Waals surface area contributed by atoms with Gasteiger partial charge in [0.15, 0.2) is 0 Å². The van der Waals surface area contributed by atoms with E-state index in [1.807, 2.05) is 13.8 Å². The molecule has 0 radical (unpaired) electrons. The number of piperidine rings is 2. The van der Waals surface area contributed by atoms with Crippen LogP contribution in [0.25, 0.3) is 0 Å². The predicted molar refractivity (Wildman–Crippen MR) is 130 cm³/mol. The summed E-state index contributed by atoms with van der Waals surface area (Å²) in [6, 6.07) is -2.77. The van der Waals surface area contributed by atoms with E-state index in [9.17, 15) is 41.5 Å². The number of halogens is 5. The van der Waals surface area contributed by atoms with Gasteiger partial charge in [-0.3, -0.25) is 29.4 Å². The first-order valence-electron chi connectivity index (χ1n) is 12.9. The van der Waals surface area contributed by atoms with Crippen molar-refractivity contribution >= 4 is 41.1 Å². The molecule has 0 spiro atoms. The lowest BCUT2D eigenvalue weighted by atomic mass is 9.95. The summed E-state index contributed by atoms with van der Waals surface area (Å²) >= 11 is 5.35. The van der Waals surface area contributed by atoms with Crippen LogP contribution in [0.2, 0.25) is 0 Å². The van der Waals surface area contributed by atoms with Gasteiger partial charge in [0.25, 0.3) is 17.4 Å². The van der Waals surface area contributed by atoms with Crippen LogP contribution in [0, 0.1) is 29.1 Å². The Labute approximate surface area is 228 Å². The minimum absolute atomic E-state index is 0.0453. The molecule has 10 nitrogen and oxygen atoms in total. The summed E-state index contributed by atoms with van der Waals surface area (Å²) < 4.78 is 52.8.